The van der Waals surface area contributed by atoms with Crippen molar-refractivity contribution >= 4 is 11.6 Å². The molecule has 0 saturated heterocycles. The molecule has 0 spiro atoms. The van der Waals surface area contributed by atoms with Gasteiger partial charge in [-0.1, -0.05) is 0 Å². The van der Waals surface area contributed by atoms with E-state index in [1.807, 2.05) is 0 Å². The van der Waals surface area contributed by atoms with Gasteiger partial charge in [-0.05, 0) is 48.5 Å². The van der Waals surface area contributed by atoms with Crippen LogP contribution in [0.25, 0.3) is 0 Å². The van der Waals surface area contributed by atoms with Crippen LogP contribution in [0, 0.1) is 5.82 Å². The maximum absolute atomic E-state index is 13.1. The van der Waals surface area contributed by atoms with Gasteiger partial charge in [0.15, 0.2) is 0 Å². The Kier molecular flexibility index (Phi) is 5.40. The summed E-state index contributed by atoms with van der Waals surface area (Å²) in [4.78, 5) is 24.3. The molecule has 9 heteroatoms. The summed E-state index contributed by atoms with van der Waals surface area (Å²) in [7, 11) is 1.51. The number of ether oxygens (including phenoxy) is 1. The van der Waals surface area contributed by atoms with Gasteiger partial charge < -0.3 is 14.6 Å². The van der Waals surface area contributed by atoms with Gasteiger partial charge in [-0.15, -0.1) is 0 Å². The van der Waals surface area contributed by atoms with Gasteiger partial charge in [0.1, 0.15) is 17.3 Å². The van der Waals surface area contributed by atoms with Crippen LogP contribution in [-0.4, -0.2) is 10.5 Å². The number of nitrogens with zero attached hydrogens (tertiary/aromatic N) is 1. The van der Waals surface area contributed by atoms with Crippen molar-refractivity contribution in [2.45, 2.75) is 6.18 Å². The number of hydrogen-bond donors (Lipinski definition) is 1. The van der Waals surface area contributed by atoms with E-state index in [4.69, 9.17) is 4.74 Å². The van der Waals surface area contributed by atoms with Gasteiger partial charge in [0.2, 0.25) is 0 Å². The number of nitrogens with one attached hydrogen (secondary N) is 1. The molecule has 5 nitrogen and oxygen atoms in total. The summed E-state index contributed by atoms with van der Waals surface area (Å²) in [6.45, 7) is 0. The summed E-state index contributed by atoms with van der Waals surface area (Å²) >= 11 is 0. The van der Waals surface area contributed by atoms with Gasteiger partial charge in [0.05, 0.1) is 11.1 Å². The van der Waals surface area contributed by atoms with Gasteiger partial charge in [-0.3, -0.25) is 9.59 Å². The molecule has 1 aromatic heterocycles. The maximum Gasteiger partial charge on any atom is 0.416 e. The number of rotatable bonds is 4. The molecule has 0 saturated carbocycles. The molecular weight excluding hydrogens is 392 g/mol. The fourth-order valence-corrected chi connectivity index (χ4v) is 2.43. The third-order valence-corrected chi connectivity index (χ3v) is 3.96. The molecular formula is C20H14F4N2O3. The first-order valence-electron chi connectivity index (χ1n) is 8.26. The van der Waals surface area contributed by atoms with Crippen LogP contribution in [0.1, 0.15) is 15.9 Å². The molecule has 150 valence electrons. The first-order valence-corrected chi connectivity index (χ1v) is 8.26. The Bertz CT molecular complexity index is 1110. The molecule has 1 amide bonds. The highest BCUT2D eigenvalue weighted by molar-refractivity contribution is 6.06. The fraction of sp³-hybridized carbons (Fsp3) is 0.100. The van der Waals surface area contributed by atoms with Gasteiger partial charge >= 0.3 is 6.18 Å². The van der Waals surface area contributed by atoms with Gasteiger partial charge in [0.25, 0.3) is 11.5 Å². The highest BCUT2D eigenvalue weighted by atomic mass is 19.4. The average molecular weight is 406 g/mol. The number of benzene rings is 2. The predicted octanol–water partition coefficient (Wildman–Crippen LogP) is 4.59. The molecule has 0 radical (unpaired) electrons. The Morgan fingerprint density at radius 3 is 2.34 bits per heavy atom. The van der Waals surface area contributed by atoms with Crippen molar-refractivity contribution in [2.24, 2.45) is 7.05 Å². The topological polar surface area (TPSA) is 60.3 Å². The van der Waals surface area contributed by atoms with E-state index in [1.54, 1.807) is 0 Å². The van der Waals surface area contributed by atoms with Crippen molar-refractivity contribution in [3.05, 3.63) is 88.1 Å². The molecule has 1 heterocycles. The minimum atomic E-state index is -4.67. The van der Waals surface area contributed by atoms with E-state index in [-0.39, 0.29) is 17.2 Å². The summed E-state index contributed by atoms with van der Waals surface area (Å²) in [6.07, 6.45) is -3.27. The standard InChI is InChI=1S/C20H14F4N2O3/c1-26-9-8-14(11-18(26)27)25-19(28)16-10-12(20(22,23)24)2-7-17(16)29-15-5-3-13(21)4-6-15/h2-11H,1H3,(H,25,28). The highest BCUT2D eigenvalue weighted by Crippen LogP contribution is 2.34. The Morgan fingerprint density at radius 1 is 1.03 bits per heavy atom. The Hall–Kier alpha value is -3.62. The van der Waals surface area contributed by atoms with E-state index in [1.165, 1.54) is 36.0 Å². The number of aryl methyl sites for hydroxylation is 1. The Labute approximate surface area is 162 Å². The number of aromatic nitrogens is 1. The van der Waals surface area contributed by atoms with Crippen molar-refractivity contribution in [3.8, 4) is 11.5 Å². The largest absolute Gasteiger partial charge is 0.457 e. The Balaban J connectivity index is 1.98. The minimum absolute atomic E-state index is 0.114. The third-order valence-electron chi connectivity index (χ3n) is 3.96. The number of carbonyl (C=O) groups excluding carboxylic acids is 1. The van der Waals surface area contributed by atoms with Gasteiger partial charge in [-0.25, -0.2) is 4.39 Å². The van der Waals surface area contributed by atoms with Crippen LogP contribution in [-0.2, 0) is 13.2 Å². The number of anilines is 1. The van der Waals surface area contributed by atoms with Gasteiger partial charge in [0, 0.05) is 25.0 Å². The summed E-state index contributed by atoms with van der Waals surface area (Å²) in [5.74, 6) is -1.45. The monoisotopic (exact) mass is 406 g/mol. The highest BCUT2D eigenvalue weighted by Gasteiger charge is 2.32. The Morgan fingerprint density at radius 2 is 1.72 bits per heavy atom. The molecule has 0 aliphatic heterocycles. The van der Waals surface area contributed by atoms with E-state index < -0.39 is 34.6 Å². The molecule has 1 N–H and O–H groups in total. The molecule has 3 aromatic rings. The third kappa shape index (κ3) is 4.81. The SMILES string of the molecule is Cn1ccc(NC(=O)c2cc(C(F)(F)F)ccc2Oc2ccc(F)cc2)cc1=O. The molecule has 2 aromatic carbocycles. The fourth-order valence-electron chi connectivity index (χ4n) is 2.43. The predicted molar refractivity (Wildman–Crippen MR) is 97.6 cm³/mol. The minimum Gasteiger partial charge on any atom is -0.457 e. The van der Waals surface area contributed by atoms with Crippen LogP contribution in [0.4, 0.5) is 23.2 Å². The summed E-state index contributed by atoms with van der Waals surface area (Å²) < 4.78 is 59.1. The molecule has 29 heavy (non-hydrogen) atoms. The van der Waals surface area contributed by atoms with Crippen LogP contribution in [0.15, 0.2) is 65.6 Å². The summed E-state index contributed by atoms with van der Waals surface area (Å²) in [6, 6.07) is 9.75. The van der Waals surface area contributed by atoms with Gasteiger partial charge in [-0.2, -0.15) is 13.2 Å². The zero-order chi connectivity index (χ0) is 21.2. The van der Waals surface area contributed by atoms with E-state index in [2.05, 4.69) is 5.32 Å². The zero-order valence-corrected chi connectivity index (χ0v) is 15.0. The first kappa shape index (κ1) is 20.1. The van der Waals surface area contributed by atoms with Crippen LogP contribution in [0.2, 0.25) is 0 Å². The quantitative estimate of drug-likeness (QED) is 0.645. The molecule has 0 fully saturated rings. The number of halogens is 4. The number of hydrogen-bond acceptors (Lipinski definition) is 3. The molecule has 0 atom stereocenters. The summed E-state index contributed by atoms with van der Waals surface area (Å²) in [5.41, 5.74) is -1.74. The van der Waals surface area contributed by atoms with Crippen LogP contribution < -0.4 is 15.6 Å². The van der Waals surface area contributed by atoms with Crippen LogP contribution in [0.3, 0.4) is 0 Å². The average Bonchev–Trinajstić information content (AvgIpc) is 2.66. The van der Waals surface area contributed by atoms with E-state index in [0.717, 1.165) is 30.3 Å². The summed E-state index contributed by atoms with van der Waals surface area (Å²) in [5, 5.41) is 2.38. The lowest BCUT2D eigenvalue weighted by atomic mass is 10.1. The smallest absolute Gasteiger partial charge is 0.416 e. The molecule has 0 aliphatic carbocycles. The molecule has 3 rings (SSSR count). The lowest BCUT2D eigenvalue weighted by molar-refractivity contribution is -0.137. The van der Waals surface area contributed by atoms with Crippen LogP contribution >= 0.6 is 0 Å². The van der Waals surface area contributed by atoms with Crippen molar-refractivity contribution < 1.29 is 27.1 Å². The molecule has 0 unspecified atom stereocenters. The van der Waals surface area contributed by atoms with E-state index >= 15 is 0 Å². The number of pyridine rings is 1. The van der Waals surface area contributed by atoms with E-state index in [9.17, 15) is 27.2 Å². The van der Waals surface area contributed by atoms with Crippen molar-refractivity contribution in [1.29, 1.82) is 0 Å². The van der Waals surface area contributed by atoms with Crippen molar-refractivity contribution in [3.63, 3.8) is 0 Å². The number of amides is 1. The molecule has 0 aliphatic rings. The molecule has 0 bridgehead atoms. The second-order valence-corrected chi connectivity index (χ2v) is 6.08. The first-order chi connectivity index (χ1) is 13.6. The van der Waals surface area contributed by atoms with Crippen molar-refractivity contribution in [1.82, 2.24) is 4.57 Å². The number of alkyl halides is 3. The number of carbonyl (C=O) groups is 1. The second-order valence-electron chi connectivity index (χ2n) is 6.08. The lowest BCUT2D eigenvalue weighted by Gasteiger charge is -2.14. The second kappa shape index (κ2) is 7.78. The lowest BCUT2D eigenvalue weighted by Crippen LogP contribution is -2.19. The zero-order valence-electron chi connectivity index (χ0n) is 15.0. The van der Waals surface area contributed by atoms with E-state index in [0.29, 0.717) is 6.07 Å². The normalized spacial score (nSPS) is 11.2. The maximum atomic E-state index is 13.1. The van der Waals surface area contributed by atoms with Crippen LogP contribution in [0.5, 0.6) is 11.5 Å². The van der Waals surface area contributed by atoms with Crippen molar-refractivity contribution in [2.75, 3.05) is 5.32 Å².